The van der Waals surface area contributed by atoms with Crippen LogP contribution in [0, 0.1) is 0 Å². The third-order valence-corrected chi connectivity index (χ3v) is 5.63. The van der Waals surface area contributed by atoms with Crippen molar-refractivity contribution in [1.29, 1.82) is 0 Å². The molecule has 1 amide bonds. The number of benzene rings is 1. The van der Waals surface area contributed by atoms with E-state index in [1.807, 2.05) is 6.07 Å². The second-order valence-electron chi connectivity index (χ2n) is 7.62. The van der Waals surface area contributed by atoms with Gasteiger partial charge in [0.15, 0.2) is 0 Å². The molecule has 0 radical (unpaired) electrons. The van der Waals surface area contributed by atoms with Crippen molar-refractivity contribution in [1.82, 2.24) is 14.8 Å². The first-order chi connectivity index (χ1) is 11.6. The minimum absolute atomic E-state index is 0.158. The Morgan fingerprint density at radius 3 is 2.83 bits per heavy atom. The molecule has 1 atom stereocenters. The van der Waals surface area contributed by atoms with Gasteiger partial charge in [-0.05, 0) is 49.4 Å². The predicted octanol–water partition coefficient (Wildman–Crippen LogP) is 3.60. The highest BCUT2D eigenvalue weighted by atomic mass is 16.2. The van der Waals surface area contributed by atoms with Crippen LogP contribution in [-0.4, -0.2) is 52.9 Å². The van der Waals surface area contributed by atoms with Crippen molar-refractivity contribution in [3.8, 4) is 0 Å². The van der Waals surface area contributed by atoms with Crippen LogP contribution in [0.3, 0.4) is 0 Å². The molecule has 2 aliphatic rings. The van der Waals surface area contributed by atoms with Gasteiger partial charge in [-0.1, -0.05) is 26.0 Å². The number of hydrogen-bond acceptors (Lipinski definition) is 2. The number of fused-ring (bicyclic) bond motifs is 2. The number of hydrogen-bond donors (Lipinski definition) is 1. The number of carbonyl (C=O) groups excluding carboxylic acids is 1. The summed E-state index contributed by atoms with van der Waals surface area (Å²) in [5.41, 5.74) is 3.11. The van der Waals surface area contributed by atoms with Crippen LogP contribution in [0.15, 0.2) is 24.3 Å². The maximum atomic E-state index is 13.0. The molecule has 0 aliphatic carbocycles. The molecular weight excluding hydrogens is 298 g/mol. The van der Waals surface area contributed by atoms with Gasteiger partial charge >= 0.3 is 0 Å². The molecule has 24 heavy (non-hydrogen) atoms. The highest BCUT2D eigenvalue weighted by Crippen LogP contribution is 2.25. The summed E-state index contributed by atoms with van der Waals surface area (Å²) in [6.45, 7) is 8.49. The maximum Gasteiger partial charge on any atom is 0.270 e. The van der Waals surface area contributed by atoms with E-state index in [0.717, 1.165) is 42.7 Å². The van der Waals surface area contributed by atoms with Crippen molar-refractivity contribution in [2.75, 3.05) is 26.2 Å². The first-order valence-corrected chi connectivity index (χ1v) is 9.28. The third-order valence-electron chi connectivity index (χ3n) is 5.63. The Bertz CT molecular complexity index is 748. The van der Waals surface area contributed by atoms with Gasteiger partial charge in [-0.25, -0.2) is 0 Å². The molecule has 1 unspecified atom stereocenters. The summed E-state index contributed by atoms with van der Waals surface area (Å²) < 4.78 is 0. The van der Waals surface area contributed by atoms with E-state index < -0.39 is 0 Å². The molecule has 0 bridgehead atoms. The van der Waals surface area contributed by atoms with E-state index in [0.29, 0.717) is 12.0 Å². The zero-order chi connectivity index (χ0) is 16.7. The third kappa shape index (κ3) is 2.84. The zero-order valence-electron chi connectivity index (χ0n) is 14.7. The molecule has 0 saturated carbocycles. The van der Waals surface area contributed by atoms with E-state index in [-0.39, 0.29) is 5.91 Å². The van der Waals surface area contributed by atoms with Crippen LogP contribution in [0.2, 0.25) is 0 Å². The molecular formula is C20H27N3O. The standard InChI is InChI=1S/C20H27N3O/c1-14(2)15-6-7-16-12-19(21-18(16)11-15)20(24)23-10-4-9-22-8-3-5-17(22)13-23/h6-7,11-12,14,17,21H,3-5,8-10,13H2,1-2H3. The van der Waals surface area contributed by atoms with Gasteiger partial charge in [0.25, 0.3) is 5.91 Å². The molecule has 0 spiro atoms. The molecule has 4 nitrogen and oxygen atoms in total. The van der Waals surface area contributed by atoms with Crippen LogP contribution in [0.5, 0.6) is 0 Å². The normalized spacial score (nSPS) is 22.1. The smallest absolute Gasteiger partial charge is 0.270 e. The fourth-order valence-corrected chi connectivity index (χ4v) is 4.18. The number of aromatic nitrogens is 1. The van der Waals surface area contributed by atoms with Gasteiger partial charge in [-0.3, -0.25) is 9.69 Å². The highest BCUT2D eigenvalue weighted by Gasteiger charge is 2.31. The predicted molar refractivity (Wildman–Crippen MR) is 97.5 cm³/mol. The Morgan fingerprint density at radius 2 is 2.00 bits per heavy atom. The van der Waals surface area contributed by atoms with Crippen molar-refractivity contribution >= 4 is 16.8 Å². The molecule has 128 valence electrons. The summed E-state index contributed by atoms with van der Waals surface area (Å²) in [6, 6.07) is 9.04. The molecule has 1 aromatic carbocycles. The average Bonchev–Trinajstić information content (AvgIpc) is 3.14. The lowest BCUT2D eigenvalue weighted by molar-refractivity contribution is 0.0738. The first kappa shape index (κ1) is 15.7. The van der Waals surface area contributed by atoms with Gasteiger partial charge in [0.1, 0.15) is 5.69 Å². The van der Waals surface area contributed by atoms with E-state index in [2.05, 4.69) is 46.8 Å². The number of amides is 1. The molecule has 1 aromatic heterocycles. The number of carbonyl (C=O) groups is 1. The minimum atomic E-state index is 0.158. The monoisotopic (exact) mass is 325 g/mol. The maximum absolute atomic E-state index is 13.0. The van der Waals surface area contributed by atoms with E-state index in [1.165, 1.54) is 24.9 Å². The van der Waals surface area contributed by atoms with E-state index in [4.69, 9.17) is 0 Å². The Morgan fingerprint density at radius 1 is 1.17 bits per heavy atom. The average molecular weight is 325 g/mol. The molecule has 2 aliphatic heterocycles. The van der Waals surface area contributed by atoms with Crippen molar-refractivity contribution in [3.05, 3.63) is 35.5 Å². The van der Waals surface area contributed by atoms with Gasteiger partial charge in [0.2, 0.25) is 0 Å². The molecule has 4 heteroatoms. The van der Waals surface area contributed by atoms with Gasteiger partial charge in [-0.15, -0.1) is 0 Å². The summed E-state index contributed by atoms with van der Waals surface area (Å²) in [5.74, 6) is 0.654. The van der Waals surface area contributed by atoms with Gasteiger partial charge in [0.05, 0.1) is 0 Å². The molecule has 1 N–H and O–H groups in total. The SMILES string of the molecule is CC(C)c1ccc2cc(C(=O)N3CCCN4CCCC4C3)[nH]c2c1. The lowest BCUT2D eigenvalue weighted by Crippen LogP contribution is -2.39. The fraction of sp³-hybridized carbons (Fsp3) is 0.550. The summed E-state index contributed by atoms with van der Waals surface area (Å²) in [7, 11) is 0. The minimum Gasteiger partial charge on any atom is -0.351 e. The van der Waals surface area contributed by atoms with Gasteiger partial charge in [-0.2, -0.15) is 0 Å². The fourth-order valence-electron chi connectivity index (χ4n) is 4.18. The number of rotatable bonds is 2. The summed E-state index contributed by atoms with van der Waals surface area (Å²) in [4.78, 5) is 21.0. The number of aromatic amines is 1. The Balaban J connectivity index is 1.58. The number of H-pyrrole nitrogens is 1. The molecule has 2 aromatic rings. The molecule has 4 rings (SSSR count). The lowest BCUT2D eigenvalue weighted by Gasteiger charge is -2.25. The Labute approximate surface area is 143 Å². The van der Waals surface area contributed by atoms with Crippen molar-refractivity contribution in [2.45, 2.75) is 45.1 Å². The van der Waals surface area contributed by atoms with E-state index in [9.17, 15) is 4.79 Å². The molecule has 3 heterocycles. The van der Waals surface area contributed by atoms with Gasteiger partial charge < -0.3 is 9.88 Å². The largest absolute Gasteiger partial charge is 0.351 e. The van der Waals surface area contributed by atoms with Crippen molar-refractivity contribution in [2.24, 2.45) is 0 Å². The summed E-state index contributed by atoms with van der Waals surface area (Å²) >= 11 is 0. The first-order valence-electron chi connectivity index (χ1n) is 9.28. The summed E-state index contributed by atoms with van der Waals surface area (Å²) in [5, 5.41) is 1.13. The number of nitrogens with zero attached hydrogens (tertiary/aromatic N) is 2. The second-order valence-corrected chi connectivity index (χ2v) is 7.62. The Kier molecular flexibility index (Phi) is 4.09. The Hall–Kier alpha value is -1.81. The topological polar surface area (TPSA) is 39.3 Å². The van der Waals surface area contributed by atoms with Crippen molar-refractivity contribution in [3.63, 3.8) is 0 Å². The molecule has 2 fully saturated rings. The van der Waals surface area contributed by atoms with Crippen LogP contribution >= 0.6 is 0 Å². The van der Waals surface area contributed by atoms with E-state index in [1.54, 1.807) is 0 Å². The van der Waals surface area contributed by atoms with Crippen LogP contribution in [0.1, 0.15) is 55.1 Å². The van der Waals surface area contributed by atoms with Crippen LogP contribution < -0.4 is 0 Å². The van der Waals surface area contributed by atoms with Crippen molar-refractivity contribution < 1.29 is 4.79 Å². The highest BCUT2D eigenvalue weighted by molar-refractivity contribution is 5.98. The molecule has 2 saturated heterocycles. The summed E-state index contributed by atoms with van der Waals surface area (Å²) in [6.07, 6.45) is 3.59. The quantitative estimate of drug-likeness (QED) is 0.916. The van der Waals surface area contributed by atoms with Crippen LogP contribution in [0.25, 0.3) is 10.9 Å². The van der Waals surface area contributed by atoms with Crippen LogP contribution in [0.4, 0.5) is 0 Å². The second kappa shape index (κ2) is 6.25. The lowest BCUT2D eigenvalue weighted by atomic mass is 10.0. The number of nitrogens with one attached hydrogen (secondary N) is 1. The zero-order valence-corrected chi connectivity index (χ0v) is 14.7. The van der Waals surface area contributed by atoms with E-state index >= 15 is 0 Å². The van der Waals surface area contributed by atoms with Crippen LogP contribution in [-0.2, 0) is 0 Å². The van der Waals surface area contributed by atoms with Gasteiger partial charge in [0, 0.05) is 36.6 Å².